The van der Waals surface area contributed by atoms with Gasteiger partial charge in [0.25, 0.3) is 0 Å². The quantitative estimate of drug-likeness (QED) is 0.150. The van der Waals surface area contributed by atoms with E-state index in [0.29, 0.717) is 0 Å². The third-order valence-corrected chi connectivity index (χ3v) is 9.24. The Bertz CT molecular complexity index is 2470. The third kappa shape index (κ3) is 3.85. The van der Waals surface area contributed by atoms with Crippen molar-refractivity contribution in [3.05, 3.63) is 170 Å². The van der Waals surface area contributed by atoms with E-state index in [9.17, 15) is 0 Å². The SMILES string of the molecule is c1ccc2c(-c3c4ccccc4c(-c4ccc(-c5ccc6c(ccc7ccccc76)c5)cc4)c4ccccc34)cccc2c1. The van der Waals surface area contributed by atoms with Gasteiger partial charge in [-0.25, -0.2) is 0 Å². The fourth-order valence-corrected chi connectivity index (χ4v) is 7.19. The number of benzene rings is 9. The molecule has 0 aliphatic heterocycles. The Balaban J connectivity index is 1.23. The highest BCUT2D eigenvalue weighted by atomic mass is 14.2. The number of hydrogen-bond acceptors (Lipinski definition) is 0. The van der Waals surface area contributed by atoms with Crippen LogP contribution in [0.2, 0.25) is 0 Å². The molecule has 0 heteroatoms. The zero-order valence-corrected chi connectivity index (χ0v) is 24.2. The minimum absolute atomic E-state index is 1.23. The summed E-state index contributed by atoms with van der Waals surface area (Å²) in [5.74, 6) is 0. The average Bonchev–Trinajstić information content (AvgIpc) is 3.10. The first-order chi connectivity index (χ1) is 21.8. The van der Waals surface area contributed by atoms with Crippen molar-refractivity contribution in [2.24, 2.45) is 0 Å². The van der Waals surface area contributed by atoms with Gasteiger partial charge in [0.2, 0.25) is 0 Å². The van der Waals surface area contributed by atoms with Crippen molar-refractivity contribution < 1.29 is 0 Å². The van der Waals surface area contributed by atoms with E-state index in [1.54, 1.807) is 0 Å². The fraction of sp³-hybridized carbons (Fsp3) is 0. The van der Waals surface area contributed by atoms with E-state index in [2.05, 4.69) is 170 Å². The van der Waals surface area contributed by atoms with Gasteiger partial charge in [0.15, 0.2) is 0 Å². The molecule has 0 N–H and O–H groups in total. The molecule has 0 aliphatic carbocycles. The molecule has 0 amide bonds. The van der Waals surface area contributed by atoms with E-state index in [-0.39, 0.29) is 0 Å². The minimum Gasteiger partial charge on any atom is -0.0616 e. The zero-order valence-electron chi connectivity index (χ0n) is 24.2. The van der Waals surface area contributed by atoms with Gasteiger partial charge in [0.05, 0.1) is 0 Å². The van der Waals surface area contributed by atoms with Crippen LogP contribution in [0.5, 0.6) is 0 Å². The van der Waals surface area contributed by atoms with E-state index < -0.39 is 0 Å². The summed E-state index contributed by atoms with van der Waals surface area (Å²) in [5.41, 5.74) is 7.57. The summed E-state index contributed by atoms with van der Waals surface area (Å²) in [4.78, 5) is 0. The lowest BCUT2D eigenvalue weighted by Gasteiger charge is -2.19. The fourth-order valence-electron chi connectivity index (χ4n) is 7.19. The van der Waals surface area contributed by atoms with Crippen LogP contribution in [0.4, 0.5) is 0 Å². The summed E-state index contributed by atoms with van der Waals surface area (Å²) in [6.07, 6.45) is 0. The lowest BCUT2D eigenvalue weighted by molar-refractivity contribution is 1.63. The second-order valence-corrected chi connectivity index (χ2v) is 11.7. The molecule has 0 unspecified atom stereocenters. The normalized spacial score (nSPS) is 11.6. The van der Waals surface area contributed by atoms with Gasteiger partial charge in [-0.15, -0.1) is 0 Å². The first-order valence-electron chi connectivity index (χ1n) is 15.3. The van der Waals surface area contributed by atoms with Crippen LogP contribution in [0.1, 0.15) is 0 Å². The topological polar surface area (TPSA) is 0 Å². The Labute approximate surface area is 256 Å². The first kappa shape index (κ1) is 24.8. The van der Waals surface area contributed by atoms with E-state index in [4.69, 9.17) is 0 Å². The second kappa shape index (κ2) is 9.93. The lowest BCUT2D eigenvalue weighted by Crippen LogP contribution is -1.91. The molecule has 0 bridgehead atoms. The van der Waals surface area contributed by atoms with E-state index in [1.807, 2.05) is 0 Å². The highest BCUT2D eigenvalue weighted by Gasteiger charge is 2.17. The van der Waals surface area contributed by atoms with Gasteiger partial charge in [-0.3, -0.25) is 0 Å². The van der Waals surface area contributed by atoms with Crippen molar-refractivity contribution >= 4 is 53.9 Å². The van der Waals surface area contributed by atoms with Gasteiger partial charge in [0, 0.05) is 0 Å². The molecule has 0 saturated heterocycles. The van der Waals surface area contributed by atoms with Gasteiger partial charge in [-0.05, 0) is 93.3 Å². The van der Waals surface area contributed by atoms with Crippen molar-refractivity contribution in [2.75, 3.05) is 0 Å². The summed E-state index contributed by atoms with van der Waals surface area (Å²) in [7, 11) is 0. The highest BCUT2D eigenvalue weighted by Crippen LogP contribution is 2.45. The molecule has 9 aromatic rings. The maximum atomic E-state index is 2.32. The molecule has 0 fully saturated rings. The van der Waals surface area contributed by atoms with Gasteiger partial charge in [-0.2, -0.15) is 0 Å². The standard InChI is InChI=1S/C44H28/c1-4-14-36-30(10-1)12-9-19-38(36)44-41-17-7-5-15-39(41)43(40-16-6-8-18-42(40)44)32-23-20-29(21-24-32)33-26-27-37-34(28-33)25-22-31-11-2-3-13-35(31)37/h1-28H. The summed E-state index contributed by atoms with van der Waals surface area (Å²) in [6.45, 7) is 0. The molecule has 44 heavy (non-hydrogen) atoms. The molecule has 0 saturated carbocycles. The van der Waals surface area contributed by atoms with Crippen molar-refractivity contribution in [1.29, 1.82) is 0 Å². The van der Waals surface area contributed by atoms with E-state index >= 15 is 0 Å². The average molecular weight is 557 g/mol. The van der Waals surface area contributed by atoms with Crippen LogP contribution in [-0.4, -0.2) is 0 Å². The van der Waals surface area contributed by atoms with Crippen LogP contribution in [0.3, 0.4) is 0 Å². The predicted molar refractivity (Wildman–Crippen MR) is 190 cm³/mol. The molecule has 0 nitrogen and oxygen atoms in total. The minimum atomic E-state index is 1.23. The van der Waals surface area contributed by atoms with Crippen LogP contribution in [0.15, 0.2) is 170 Å². The molecule has 0 atom stereocenters. The molecular weight excluding hydrogens is 528 g/mol. The molecule has 0 spiro atoms. The lowest BCUT2D eigenvalue weighted by atomic mass is 9.84. The van der Waals surface area contributed by atoms with Crippen molar-refractivity contribution in [3.63, 3.8) is 0 Å². The summed E-state index contributed by atoms with van der Waals surface area (Å²) in [6, 6.07) is 62.3. The van der Waals surface area contributed by atoms with Gasteiger partial charge < -0.3 is 0 Å². The number of rotatable bonds is 3. The largest absolute Gasteiger partial charge is 0.0616 e. The Morgan fingerprint density at radius 1 is 0.227 bits per heavy atom. The summed E-state index contributed by atoms with van der Waals surface area (Å²) in [5, 5.41) is 12.8. The van der Waals surface area contributed by atoms with Crippen LogP contribution in [-0.2, 0) is 0 Å². The molecular formula is C44H28. The predicted octanol–water partition coefficient (Wildman–Crippen LogP) is 12.5. The molecule has 0 aromatic heterocycles. The summed E-state index contributed by atoms with van der Waals surface area (Å²) < 4.78 is 0. The summed E-state index contributed by atoms with van der Waals surface area (Å²) >= 11 is 0. The third-order valence-electron chi connectivity index (χ3n) is 9.24. The van der Waals surface area contributed by atoms with Crippen LogP contribution in [0, 0.1) is 0 Å². The Morgan fingerprint density at radius 2 is 0.682 bits per heavy atom. The zero-order chi connectivity index (χ0) is 29.0. The highest BCUT2D eigenvalue weighted by molar-refractivity contribution is 6.23. The Hall–Kier alpha value is -5.72. The molecule has 0 heterocycles. The smallest absolute Gasteiger partial charge is 0.00201 e. The van der Waals surface area contributed by atoms with Crippen LogP contribution in [0.25, 0.3) is 87.2 Å². The van der Waals surface area contributed by atoms with Crippen molar-refractivity contribution in [2.45, 2.75) is 0 Å². The number of fused-ring (bicyclic) bond motifs is 6. The van der Waals surface area contributed by atoms with Crippen molar-refractivity contribution in [3.8, 4) is 33.4 Å². The first-order valence-corrected chi connectivity index (χ1v) is 15.3. The maximum Gasteiger partial charge on any atom is -0.00201 e. The maximum absolute atomic E-state index is 2.32. The molecule has 9 rings (SSSR count). The molecule has 0 aliphatic rings. The molecule has 9 aromatic carbocycles. The Morgan fingerprint density at radius 3 is 1.36 bits per heavy atom. The van der Waals surface area contributed by atoms with E-state index in [1.165, 1.54) is 87.2 Å². The number of hydrogen-bond donors (Lipinski definition) is 0. The van der Waals surface area contributed by atoms with Gasteiger partial charge in [0.1, 0.15) is 0 Å². The Kier molecular flexibility index (Phi) is 5.61. The van der Waals surface area contributed by atoms with Gasteiger partial charge in [-0.1, -0.05) is 164 Å². The van der Waals surface area contributed by atoms with Crippen LogP contribution < -0.4 is 0 Å². The van der Waals surface area contributed by atoms with E-state index in [0.717, 1.165) is 0 Å². The molecule has 0 radical (unpaired) electrons. The monoisotopic (exact) mass is 556 g/mol. The molecule has 204 valence electrons. The second-order valence-electron chi connectivity index (χ2n) is 11.7. The van der Waals surface area contributed by atoms with Crippen molar-refractivity contribution in [1.82, 2.24) is 0 Å². The van der Waals surface area contributed by atoms with Gasteiger partial charge >= 0.3 is 0 Å². The van der Waals surface area contributed by atoms with Crippen LogP contribution >= 0.6 is 0 Å².